The van der Waals surface area contributed by atoms with E-state index in [9.17, 15) is 18.0 Å². The summed E-state index contributed by atoms with van der Waals surface area (Å²) in [6.45, 7) is 6.87. The molecule has 1 aliphatic heterocycles. The number of furan rings is 1. The van der Waals surface area contributed by atoms with Crippen LogP contribution in [0.3, 0.4) is 0 Å². The predicted molar refractivity (Wildman–Crippen MR) is 139 cm³/mol. The van der Waals surface area contributed by atoms with Crippen LogP contribution in [-0.4, -0.2) is 55.4 Å². The van der Waals surface area contributed by atoms with Crippen molar-refractivity contribution >= 4 is 38.3 Å². The second-order valence-electron chi connectivity index (χ2n) is 9.06. The zero-order valence-electron chi connectivity index (χ0n) is 21.4. The number of amides is 2. The third-order valence-electron chi connectivity index (χ3n) is 6.05. The minimum Gasteiger partial charge on any atom is -0.468 e. The van der Waals surface area contributed by atoms with Crippen LogP contribution in [0.2, 0.25) is 0 Å². The lowest BCUT2D eigenvalue weighted by Crippen LogP contribution is -2.37. The Morgan fingerprint density at radius 3 is 2.61 bits per heavy atom. The van der Waals surface area contributed by atoms with Crippen molar-refractivity contribution in [2.24, 2.45) is 0 Å². The number of carbonyl (C=O) groups is 2. The number of esters is 1. The number of sulfone groups is 1. The van der Waals surface area contributed by atoms with Gasteiger partial charge in [-0.3, -0.25) is 0 Å². The molecule has 1 unspecified atom stereocenters. The van der Waals surface area contributed by atoms with E-state index in [4.69, 9.17) is 9.15 Å². The number of urea groups is 1. The van der Waals surface area contributed by atoms with Crippen LogP contribution in [0.15, 0.2) is 27.2 Å². The van der Waals surface area contributed by atoms with Gasteiger partial charge in [0.1, 0.15) is 16.2 Å². The number of hydrogen-bond acceptors (Lipinski definition) is 8. The third-order valence-corrected chi connectivity index (χ3v) is 9.40. The first-order valence-corrected chi connectivity index (χ1v) is 15.3. The number of aromatic nitrogens is 1. The van der Waals surface area contributed by atoms with Gasteiger partial charge in [0.25, 0.3) is 0 Å². The molecule has 2 amide bonds. The van der Waals surface area contributed by atoms with E-state index in [1.54, 1.807) is 11.0 Å². The molecule has 1 atom stereocenters. The van der Waals surface area contributed by atoms with Gasteiger partial charge in [-0.1, -0.05) is 64.2 Å². The Balaban J connectivity index is 1.79. The van der Waals surface area contributed by atoms with Crippen molar-refractivity contribution in [2.75, 3.05) is 23.7 Å². The highest BCUT2D eigenvalue weighted by Crippen LogP contribution is 2.33. The molecule has 2 aromatic heterocycles. The van der Waals surface area contributed by atoms with Crippen molar-refractivity contribution in [1.29, 1.82) is 0 Å². The van der Waals surface area contributed by atoms with E-state index in [0.717, 1.165) is 56.3 Å². The smallest absolute Gasteiger partial charge is 0.343 e. The second-order valence-corrected chi connectivity index (χ2v) is 12.4. The van der Waals surface area contributed by atoms with Gasteiger partial charge in [0, 0.05) is 13.0 Å². The standard InChI is InChI=1S/C25H37N3O6S2/c1-4-7-9-10-13-27-17-21(34-23(29)19-15-20(12-6-3)33-18-19)28(25(27)30)24-26-16-22(35-24)36(31,32)14-11-8-5-2/h15-16,18,21H,4-14,17H2,1-3H3. The zero-order chi connectivity index (χ0) is 26.1. The van der Waals surface area contributed by atoms with E-state index in [2.05, 4.69) is 11.9 Å². The minimum atomic E-state index is -3.49. The molecule has 1 aliphatic rings. The first kappa shape index (κ1) is 28.2. The van der Waals surface area contributed by atoms with Crippen molar-refractivity contribution < 1.29 is 27.2 Å². The van der Waals surface area contributed by atoms with Gasteiger partial charge in [-0.05, 0) is 25.3 Å². The summed E-state index contributed by atoms with van der Waals surface area (Å²) in [6, 6.07) is 1.31. The summed E-state index contributed by atoms with van der Waals surface area (Å²) in [5, 5.41) is 0.210. The summed E-state index contributed by atoms with van der Waals surface area (Å²) < 4.78 is 36.8. The molecule has 0 bridgehead atoms. The second kappa shape index (κ2) is 13.2. The number of anilines is 1. The Morgan fingerprint density at radius 1 is 1.14 bits per heavy atom. The maximum atomic E-state index is 13.3. The quantitative estimate of drug-likeness (QED) is 0.212. The molecule has 36 heavy (non-hydrogen) atoms. The SMILES string of the molecule is CCCCCCN1CC(OC(=O)c2coc(CCC)c2)N(c2ncc(S(=O)(=O)CCCCC)s2)C1=O. The monoisotopic (exact) mass is 539 g/mol. The largest absolute Gasteiger partial charge is 0.468 e. The molecule has 3 heterocycles. The van der Waals surface area contributed by atoms with Gasteiger partial charge < -0.3 is 14.1 Å². The molecular weight excluding hydrogens is 502 g/mol. The first-order valence-electron chi connectivity index (χ1n) is 12.9. The minimum absolute atomic E-state index is 0.0406. The number of aryl methyl sites for hydroxylation is 1. The lowest BCUT2D eigenvalue weighted by Gasteiger charge is -2.20. The topological polar surface area (TPSA) is 110 Å². The van der Waals surface area contributed by atoms with E-state index in [1.807, 2.05) is 13.8 Å². The van der Waals surface area contributed by atoms with Crippen molar-refractivity contribution in [3.8, 4) is 0 Å². The van der Waals surface area contributed by atoms with Crippen LogP contribution < -0.4 is 4.90 Å². The van der Waals surface area contributed by atoms with Gasteiger partial charge in [0.2, 0.25) is 6.23 Å². The van der Waals surface area contributed by atoms with Crippen molar-refractivity contribution in [1.82, 2.24) is 9.88 Å². The highest BCUT2D eigenvalue weighted by Gasteiger charge is 2.42. The van der Waals surface area contributed by atoms with Gasteiger partial charge in [0.15, 0.2) is 15.0 Å². The molecule has 1 saturated heterocycles. The molecule has 11 heteroatoms. The Labute approximate surface area is 217 Å². The Hall–Kier alpha value is -2.40. The molecule has 3 rings (SSSR count). The fraction of sp³-hybridized carbons (Fsp3) is 0.640. The Bertz CT molecular complexity index is 1110. The van der Waals surface area contributed by atoms with Crippen LogP contribution in [0, 0.1) is 0 Å². The molecule has 9 nitrogen and oxygen atoms in total. The normalized spacial score (nSPS) is 16.2. The molecule has 0 radical (unpaired) electrons. The molecule has 0 aliphatic carbocycles. The van der Waals surface area contributed by atoms with Crippen LogP contribution in [0.1, 0.15) is 88.3 Å². The van der Waals surface area contributed by atoms with Crippen LogP contribution >= 0.6 is 11.3 Å². The summed E-state index contributed by atoms with van der Waals surface area (Å²) in [5.74, 6) is 0.138. The summed E-state index contributed by atoms with van der Waals surface area (Å²) in [5.41, 5.74) is 0.283. The van der Waals surface area contributed by atoms with Gasteiger partial charge in [0.05, 0.1) is 24.1 Å². The Kier molecular flexibility index (Phi) is 10.4. The van der Waals surface area contributed by atoms with Gasteiger partial charge in [-0.25, -0.2) is 27.9 Å². The fourth-order valence-corrected chi connectivity index (χ4v) is 6.71. The molecule has 2 aromatic rings. The van der Waals surface area contributed by atoms with Gasteiger partial charge in [-0.15, -0.1) is 0 Å². The fourth-order valence-electron chi connectivity index (χ4n) is 4.04. The third kappa shape index (κ3) is 7.09. The number of hydrogen-bond donors (Lipinski definition) is 0. The molecule has 0 N–H and O–H groups in total. The average molecular weight is 540 g/mol. The van der Waals surface area contributed by atoms with Crippen LogP contribution in [0.25, 0.3) is 0 Å². The molecule has 0 saturated carbocycles. The van der Waals surface area contributed by atoms with E-state index < -0.39 is 22.0 Å². The summed E-state index contributed by atoms with van der Waals surface area (Å²) in [6.07, 6.45) is 9.66. The predicted octanol–water partition coefficient (Wildman–Crippen LogP) is 5.66. The van der Waals surface area contributed by atoms with E-state index in [1.165, 1.54) is 17.4 Å². The number of ether oxygens (including phenoxy) is 1. The lowest BCUT2D eigenvalue weighted by molar-refractivity contribution is 0.0324. The molecule has 0 aromatic carbocycles. The van der Waals surface area contributed by atoms with Crippen LogP contribution in [0.5, 0.6) is 0 Å². The highest BCUT2D eigenvalue weighted by molar-refractivity contribution is 7.93. The number of unbranched alkanes of at least 4 members (excludes halogenated alkanes) is 5. The van der Waals surface area contributed by atoms with Gasteiger partial charge in [-0.2, -0.15) is 0 Å². The van der Waals surface area contributed by atoms with Crippen LogP contribution in [-0.2, 0) is 21.0 Å². The van der Waals surface area contributed by atoms with E-state index in [0.29, 0.717) is 25.1 Å². The maximum Gasteiger partial charge on any atom is 0.343 e. The summed E-state index contributed by atoms with van der Waals surface area (Å²) in [4.78, 5) is 33.4. The van der Waals surface area contributed by atoms with Crippen molar-refractivity contribution in [2.45, 2.75) is 89.0 Å². The van der Waals surface area contributed by atoms with E-state index >= 15 is 0 Å². The van der Waals surface area contributed by atoms with Crippen LogP contribution in [0.4, 0.5) is 9.93 Å². The summed E-state index contributed by atoms with van der Waals surface area (Å²) in [7, 11) is -3.49. The molecule has 200 valence electrons. The number of thiazole rings is 1. The van der Waals surface area contributed by atoms with E-state index in [-0.39, 0.29) is 33.2 Å². The lowest BCUT2D eigenvalue weighted by atomic mass is 10.2. The Morgan fingerprint density at radius 2 is 1.89 bits per heavy atom. The molecule has 1 fully saturated rings. The summed E-state index contributed by atoms with van der Waals surface area (Å²) >= 11 is 0.940. The first-order chi connectivity index (χ1) is 17.3. The number of nitrogens with zero attached hydrogens (tertiary/aromatic N) is 3. The molecule has 0 spiro atoms. The number of rotatable bonds is 15. The maximum absolute atomic E-state index is 13.3. The van der Waals surface area contributed by atoms with Crippen molar-refractivity contribution in [3.63, 3.8) is 0 Å². The van der Waals surface area contributed by atoms with Gasteiger partial charge >= 0.3 is 12.0 Å². The average Bonchev–Trinajstić information content (AvgIpc) is 3.57. The zero-order valence-corrected chi connectivity index (χ0v) is 23.0. The van der Waals surface area contributed by atoms with Crippen molar-refractivity contribution in [3.05, 3.63) is 29.9 Å². The number of carbonyl (C=O) groups excluding carboxylic acids is 2. The molecular formula is C25H37N3O6S2. The highest BCUT2D eigenvalue weighted by atomic mass is 32.2.